The minimum Gasteiger partial charge on any atom is -0.387 e. The fourth-order valence-electron chi connectivity index (χ4n) is 3.44. The molecule has 0 spiro atoms. The van der Waals surface area contributed by atoms with E-state index >= 15 is 0 Å². The summed E-state index contributed by atoms with van der Waals surface area (Å²) in [5, 5.41) is 13.0. The van der Waals surface area contributed by atoms with Crippen LogP contribution in [-0.2, 0) is 17.1 Å². The molecule has 0 bridgehead atoms. The van der Waals surface area contributed by atoms with Crippen LogP contribution in [-0.4, -0.2) is 24.6 Å². The topological polar surface area (TPSA) is 71.3 Å². The van der Waals surface area contributed by atoms with Gasteiger partial charge in [-0.15, -0.1) is 0 Å². The summed E-state index contributed by atoms with van der Waals surface area (Å²) in [6.07, 6.45) is 0.891. The van der Waals surface area contributed by atoms with Crippen LogP contribution in [0.25, 0.3) is 21.7 Å². The number of sulfonamides is 1. The van der Waals surface area contributed by atoms with Crippen molar-refractivity contribution in [1.29, 1.82) is 0 Å². The van der Waals surface area contributed by atoms with E-state index in [9.17, 15) is 13.5 Å². The Morgan fingerprint density at radius 3 is 2.44 bits per heavy atom. The highest BCUT2D eigenvalue weighted by atomic mass is 32.2. The molecule has 1 atom stereocenters. The number of hydrogen-bond acceptors (Lipinski definition) is 3. The van der Waals surface area contributed by atoms with E-state index in [-0.39, 0.29) is 11.4 Å². The smallest absolute Gasteiger partial charge is 0.241 e. The first-order chi connectivity index (χ1) is 13.0. The molecule has 1 heterocycles. The minimum absolute atomic E-state index is 0.0977. The van der Waals surface area contributed by atoms with E-state index in [4.69, 9.17) is 0 Å². The van der Waals surface area contributed by atoms with Gasteiger partial charge in [0.1, 0.15) is 0 Å². The Hall–Kier alpha value is -2.67. The molecule has 0 aliphatic carbocycles. The zero-order valence-electron chi connectivity index (χ0n) is 14.8. The molecule has 27 heavy (non-hydrogen) atoms. The third-order valence-corrected chi connectivity index (χ3v) is 6.27. The van der Waals surface area contributed by atoms with Crippen LogP contribution in [0.15, 0.2) is 77.8 Å². The fourth-order valence-corrected chi connectivity index (χ4v) is 4.71. The number of para-hydroxylation sites is 1. The highest BCUT2D eigenvalue weighted by Gasteiger charge is 2.20. The van der Waals surface area contributed by atoms with Crippen molar-refractivity contribution in [2.45, 2.75) is 11.0 Å². The summed E-state index contributed by atoms with van der Waals surface area (Å²) < 4.78 is 30.1. The van der Waals surface area contributed by atoms with Gasteiger partial charge >= 0.3 is 0 Å². The third-order valence-electron chi connectivity index (χ3n) is 4.79. The summed E-state index contributed by atoms with van der Waals surface area (Å²) in [7, 11) is -1.85. The van der Waals surface area contributed by atoms with E-state index in [0.29, 0.717) is 10.9 Å². The van der Waals surface area contributed by atoms with Crippen LogP contribution in [0.1, 0.15) is 11.7 Å². The normalized spacial score (nSPS) is 13.3. The Morgan fingerprint density at radius 2 is 1.63 bits per heavy atom. The van der Waals surface area contributed by atoms with E-state index in [1.54, 1.807) is 18.2 Å². The number of fused-ring (bicyclic) bond motifs is 2. The maximum Gasteiger partial charge on any atom is 0.241 e. The van der Waals surface area contributed by atoms with Gasteiger partial charge < -0.3 is 9.67 Å². The molecular formula is C21H20N2O3S. The Labute approximate surface area is 157 Å². The molecule has 4 aromatic rings. The SMILES string of the molecule is Cn1cc([C@@H](O)CNS(=O)(=O)c2cccc3ccccc23)c2ccccc21. The number of aromatic nitrogens is 1. The molecule has 3 aromatic carbocycles. The molecule has 1 aromatic heterocycles. The van der Waals surface area contributed by atoms with Gasteiger partial charge in [-0.25, -0.2) is 13.1 Å². The molecule has 0 fully saturated rings. The number of benzene rings is 3. The molecule has 6 heteroatoms. The standard InChI is InChI=1S/C21H20N2O3S/c1-23-14-18(17-10-4-5-11-19(17)23)20(24)13-22-27(25,26)21-12-6-8-15-7-2-3-9-16(15)21/h2-12,14,20,22,24H,13H2,1H3/t20-/m0/s1. The lowest BCUT2D eigenvalue weighted by Crippen LogP contribution is -2.28. The quantitative estimate of drug-likeness (QED) is 0.558. The van der Waals surface area contributed by atoms with Gasteiger partial charge in [-0.05, 0) is 17.5 Å². The molecular weight excluding hydrogens is 360 g/mol. The number of aryl methyl sites for hydroxylation is 1. The van der Waals surface area contributed by atoms with Crippen molar-refractivity contribution in [3.8, 4) is 0 Å². The van der Waals surface area contributed by atoms with Crippen LogP contribution in [0, 0.1) is 0 Å². The van der Waals surface area contributed by atoms with Crippen molar-refractivity contribution in [3.63, 3.8) is 0 Å². The highest BCUT2D eigenvalue weighted by Crippen LogP contribution is 2.27. The summed E-state index contributed by atoms with van der Waals surface area (Å²) in [6, 6.07) is 20.2. The first kappa shape index (κ1) is 17.7. The average Bonchev–Trinajstić information content (AvgIpc) is 3.03. The Bertz CT molecular complexity index is 1220. The maximum absolute atomic E-state index is 12.8. The zero-order valence-corrected chi connectivity index (χ0v) is 15.6. The van der Waals surface area contributed by atoms with Crippen molar-refractivity contribution in [1.82, 2.24) is 9.29 Å². The first-order valence-corrected chi connectivity index (χ1v) is 10.1. The van der Waals surface area contributed by atoms with Crippen molar-refractivity contribution in [3.05, 3.63) is 78.5 Å². The minimum atomic E-state index is -3.75. The Balaban J connectivity index is 1.62. The summed E-state index contributed by atoms with van der Waals surface area (Å²) >= 11 is 0. The lowest BCUT2D eigenvalue weighted by atomic mass is 10.1. The van der Waals surface area contributed by atoms with Crippen LogP contribution >= 0.6 is 0 Å². The number of aliphatic hydroxyl groups is 1. The number of aliphatic hydroxyl groups excluding tert-OH is 1. The maximum atomic E-state index is 12.8. The summed E-state index contributed by atoms with van der Waals surface area (Å²) in [6.45, 7) is -0.0977. The van der Waals surface area contributed by atoms with Crippen LogP contribution in [0.5, 0.6) is 0 Å². The van der Waals surface area contributed by atoms with Gasteiger partial charge in [0.25, 0.3) is 0 Å². The largest absolute Gasteiger partial charge is 0.387 e. The van der Waals surface area contributed by atoms with E-state index in [0.717, 1.165) is 16.3 Å². The van der Waals surface area contributed by atoms with Crippen LogP contribution in [0.2, 0.25) is 0 Å². The van der Waals surface area contributed by atoms with Crippen molar-refractivity contribution >= 4 is 31.7 Å². The second kappa shape index (κ2) is 6.81. The van der Waals surface area contributed by atoms with E-state index in [1.165, 1.54) is 0 Å². The van der Waals surface area contributed by atoms with E-state index < -0.39 is 16.1 Å². The Kier molecular flexibility index (Phi) is 4.47. The number of hydrogen-bond donors (Lipinski definition) is 2. The summed E-state index contributed by atoms with van der Waals surface area (Å²) in [4.78, 5) is 0.214. The molecule has 0 amide bonds. The van der Waals surface area contributed by atoms with Gasteiger partial charge in [0, 0.05) is 41.6 Å². The molecule has 0 saturated heterocycles. The second-order valence-electron chi connectivity index (χ2n) is 6.56. The Morgan fingerprint density at radius 1 is 0.963 bits per heavy atom. The molecule has 0 saturated carbocycles. The third kappa shape index (κ3) is 3.23. The average molecular weight is 380 g/mol. The second-order valence-corrected chi connectivity index (χ2v) is 8.29. The lowest BCUT2D eigenvalue weighted by Gasteiger charge is -2.13. The van der Waals surface area contributed by atoms with Crippen molar-refractivity contribution in [2.24, 2.45) is 7.05 Å². The summed E-state index contributed by atoms with van der Waals surface area (Å²) in [5.41, 5.74) is 1.69. The van der Waals surface area contributed by atoms with Crippen LogP contribution in [0.4, 0.5) is 0 Å². The monoisotopic (exact) mass is 380 g/mol. The highest BCUT2D eigenvalue weighted by molar-refractivity contribution is 7.89. The molecule has 0 radical (unpaired) electrons. The number of rotatable bonds is 5. The van der Waals surface area contributed by atoms with Crippen LogP contribution in [0.3, 0.4) is 0 Å². The predicted octanol–water partition coefficient (Wildman–Crippen LogP) is 3.34. The zero-order chi connectivity index (χ0) is 19.0. The molecule has 0 unspecified atom stereocenters. The van der Waals surface area contributed by atoms with E-state index in [2.05, 4.69) is 4.72 Å². The van der Waals surface area contributed by atoms with Crippen LogP contribution < -0.4 is 4.72 Å². The summed E-state index contributed by atoms with van der Waals surface area (Å²) in [5.74, 6) is 0. The molecule has 0 aliphatic rings. The molecule has 4 rings (SSSR count). The van der Waals surface area contributed by atoms with E-state index in [1.807, 2.05) is 66.3 Å². The molecule has 2 N–H and O–H groups in total. The molecule has 5 nitrogen and oxygen atoms in total. The first-order valence-electron chi connectivity index (χ1n) is 8.67. The van der Waals surface area contributed by atoms with Gasteiger partial charge in [0.05, 0.1) is 11.0 Å². The van der Waals surface area contributed by atoms with Gasteiger partial charge in [0.2, 0.25) is 10.0 Å². The van der Waals surface area contributed by atoms with Gasteiger partial charge in [-0.1, -0.05) is 54.6 Å². The predicted molar refractivity (Wildman–Crippen MR) is 107 cm³/mol. The van der Waals surface area contributed by atoms with Gasteiger partial charge in [-0.2, -0.15) is 0 Å². The van der Waals surface area contributed by atoms with Gasteiger partial charge in [-0.3, -0.25) is 0 Å². The number of nitrogens with zero attached hydrogens (tertiary/aromatic N) is 1. The lowest BCUT2D eigenvalue weighted by molar-refractivity contribution is 0.183. The van der Waals surface area contributed by atoms with Crippen molar-refractivity contribution < 1.29 is 13.5 Å². The molecule has 0 aliphatic heterocycles. The van der Waals surface area contributed by atoms with Gasteiger partial charge in [0.15, 0.2) is 0 Å². The number of nitrogens with one attached hydrogen (secondary N) is 1. The molecule has 138 valence electrons. The fraction of sp³-hybridized carbons (Fsp3) is 0.143. The van der Waals surface area contributed by atoms with Crippen molar-refractivity contribution in [2.75, 3.05) is 6.54 Å².